The van der Waals surface area contributed by atoms with Crippen LogP contribution in [0.2, 0.25) is 0 Å². The maximum atomic E-state index is 12.7. The highest BCUT2D eigenvalue weighted by Gasteiger charge is 2.38. The van der Waals surface area contributed by atoms with Crippen molar-refractivity contribution in [1.29, 1.82) is 10.5 Å². The molecule has 0 unspecified atom stereocenters. The van der Waals surface area contributed by atoms with Crippen molar-refractivity contribution in [3.8, 4) is 12.1 Å². The van der Waals surface area contributed by atoms with Crippen LogP contribution in [-0.2, 0) is 18.9 Å². The maximum Gasteiger partial charge on any atom is 0.424 e. The molecule has 0 saturated carbocycles. The molecule has 16 heteroatoms. The summed E-state index contributed by atoms with van der Waals surface area (Å²) in [7, 11) is 0. The van der Waals surface area contributed by atoms with Crippen molar-refractivity contribution < 1.29 is 43.0 Å². The first-order valence-corrected chi connectivity index (χ1v) is 15.9. The number of nitrogens with zero attached hydrogens (tertiary/aromatic N) is 5. The highest BCUT2D eigenvalue weighted by Crippen LogP contribution is 2.36. The first kappa shape index (κ1) is 44.1. The molecule has 2 aromatic carbocycles. The summed E-state index contributed by atoms with van der Waals surface area (Å²) in [4.78, 5) is 62.6. The van der Waals surface area contributed by atoms with E-state index in [4.69, 9.17) is 35.2 Å². The number of carbonyl (C=O) groups excluding carboxylic acids is 4. The van der Waals surface area contributed by atoms with Gasteiger partial charge in [0.15, 0.2) is 0 Å². The third-order valence-electron chi connectivity index (χ3n) is 5.82. The molecule has 0 aliphatic carbocycles. The van der Waals surface area contributed by atoms with Crippen LogP contribution in [0.15, 0.2) is 24.3 Å². The fourth-order valence-corrected chi connectivity index (χ4v) is 4.18. The lowest BCUT2D eigenvalue weighted by Crippen LogP contribution is -2.44. The Labute approximate surface area is 304 Å². The van der Waals surface area contributed by atoms with Crippen LogP contribution in [0.3, 0.4) is 0 Å². The zero-order valence-corrected chi connectivity index (χ0v) is 32.2. The van der Waals surface area contributed by atoms with E-state index in [9.17, 15) is 29.3 Å². The van der Waals surface area contributed by atoms with Gasteiger partial charge in [-0.25, -0.2) is 19.2 Å². The molecule has 282 valence electrons. The molecular formula is C36H48N6O10. The topological polar surface area (TPSA) is 228 Å². The SMILES string of the molecule is Cc1cc(C#N)cc(N)c1N(C(=O)OC(C)(C)C)C(=O)OC(C)(C)C.Cc1cc(C#N)cc([N+](=O)[O-])c1N(C(=O)OC(C)(C)C)C(=O)OC(C)(C)C. The third-order valence-corrected chi connectivity index (χ3v) is 5.82. The molecule has 0 aromatic heterocycles. The molecule has 2 N–H and O–H groups in total. The van der Waals surface area contributed by atoms with E-state index in [-0.39, 0.29) is 28.2 Å². The lowest BCUT2D eigenvalue weighted by Gasteiger charge is -2.30. The Kier molecular flexibility index (Phi) is 13.9. The van der Waals surface area contributed by atoms with Gasteiger partial charge in [0.05, 0.1) is 39.6 Å². The molecule has 2 rings (SSSR count). The van der Waals surface area contributed by atoms with Crippen molar-refractivity contribution in [3.63, 3.8) is 0 Å². The summed E-state index contributed by atoms with van der Waals surface area (Å²) in [5.74, 6) is 0. The molecular weight excluding hydrogens is 676 g/mol. The molecule has 0 heterocycles. The number of anilines is 3. The number of hydrogen-bond donors (Lipinski definition) is 1. The van der Waals surface area contributed by atoms with Crippen molar-refractivity contribution >= 4 is 47.1 Å². The van der Waals surface area contributed by atoms with Crippen LogP contribution in [0.4, 0.5) is 41.9 Å². The summed E-state index contributed by atoms with van der Waals surface area (Å²) >= 11 is 0. The van der Waals surface area contributed by atoms with E-state index in [0.29, 0.717) is 16.0 Å². The number of nitro groups is 1. The predicted molar refractivity (Wildman–Crippen MR) is 193 cm³/mol. The van der Waals surface area contributed by atoms with Gasteiger partial charge in [0, 0.05) is 6.07 Å². The average Bonchev–Trinajstić information content (AvgIpc) is 2.91. The van der Waals surface area contributed by atoms with Crippen molar-refractivity contribution in [3.05, 3.63) is 56.6 Å². The minimum Gasteiger partial charge on any atom is -0.443 e. The van der Waals surface area contributed by atoms with Crippen LogP contribution < -0.4 is 15.5 Å². The summed E-state index contributed by atoms with van der Waals surface area (Å²) < 4.78 is 21.1. The number of ether oxygens (including phenoxy) is 4. The molecule has 0 bridgehead atoms. The number of nitro benzene ring substituents is 1. The van der Waals surface area contributed by atoms with E-state index in [1.807, 2.05) is 12.1 Å². The Morgan fingerprint density at radius 2 is 0.904 bits per heavy atom. The Bertz CT molecular complexity index is 1720. The second-order valence-corrected chi connectivity index (χ2v) is 15.5. The molecule has 0 radical (unpaired) electrons. The lowest BCUT2D eigenvalue weighted by molar-refractivity contribution is -0.384. The monoisotopic (exact) mass is 724 g/mol. The van der Waals surface area contributed by atoms with E-state index in [0.717, 1.165) is 11.0 Å². The average molecular weight is 725 g/mol. The number of nitrogens with two attached hydrogens (primary N) is 1. The van der Waals surface area contributed by atoms with Crippen LogP contribution in [-0.4, -0.2) is 51.7 Å². The van der Waals surface area contributed by atoms with Gasteiger partial charge < -0.3 is 24.7 Å². The van der Waals surface area contributed by atoms with E-state index >= 15 is 0 Å². The number of hydrogen-bond acceptors (Lipinski definition) is 13. The number of carbonyl (C=O) groups is 4. The lowest BCUT2D eigenvalue weighted by atomic mass is 10.1. The second-order valence-electron chi connectivity index (χ2n) is 15.5. The van der Waals surface area contributed by atoms with Crippen LogP contribution >= 0.6 is 0 Å². The number of amides is 4. The Morgan fingerprint density at radius 3 is 1.17 bits per heavy atom. The van der Waals surface area contributed by atoms with Crippen molar-refractivity contribution in [2.75, 3.05) is 15.5 Å². The van der Waals surface area contributed by atoms with E-state index in [2.05, 4.69) is 0 Å². The van der Waals surface area contributed by atoms with Gasteiger partial charge in [0.2, 0.25) is 0 Å². The molecule has 4 amide bonds. The van der Waals surface area contributed by atoms with Crippen LogP contribution in [0.5, 0.6) is 0 Å². The molecule has 0 atom stereocenters. The summed E-state index contributed by atoms with van der Waals surface area (Å²) in [6.07, 6.45) is -4.04. The Balaban J connectivity index is 0.000000522. The number of rotatable bonds is 3. The minimum absolute atomic E-state index is 0.0243. The summed E-state index contributed by atoms with van der Waals surface area (Å²) in [6.45, 7) is 22.8. The zero-order valence-electron chi connectivity index (χ0n) is 32.2. The Hall–Kier alpha value is -5.90. The summed E-state index contributed by atoms with van der Waals surface area (Å²) in [5.41, 5.74) is 2.84. The number of imide groups is 2. The maximum absolute atomic E-state index is 12.7. The molecule has 0 aliphatic rings. The summed E-state index contributed by atoms with van der Waals surface area (Å²) in [5, 5.41) is 29.6. The normalized spacial score (nSPS) is 11.4. The highest BCUT2D eigenvalue weighted by molar-refractivity contribution is 6.13. The van der Waals surface area contributed by atoms with Crippen LogP contribution in [0, 0.1) is 46.6 Å². The largest absolute Gasteiger partial charge is 0.443 e. The minimum atomic E-state index is -1.12. The fraction of sp³-hybridized carbons (Fsp3) is 0.500. The summed E-state index contributed by atoms with van der Waals surface area (Å²) in [6, 6.07) is 9.04. The van der Waals surface area contributed by atoms with Crippen molar-refractivity contribution in [1.82, 2.24) is 0 Å². The van der Waals surface area contributed by atoms with Gasteiger partial charge in [0.25, 0.3) is 5.69 Å². The molecule has 0 saturated heterocycles. The number of nitriles is 2. The first-order chi connectivity index (χ1) is 23.4. The van der Waals surface area contributed by atoms with E-state index < -0.39 is 57.4 Å². The van der Waals surface area contributed by atoms with Gasteiger partial charge in [-0.05, 0) is 126 Å². The van der Waals surface area contributed by atoms with Crippen LogP contribution in [0.25, 0.3) is 0 Å². The van der Waals surface area contributed by atoms with Gasteiger partial charge >= 0.3 is 24.4 Å². The fourth-order valence-electron chi connectivity index (χ4n) is 4.18. The zero-order chi connectivity index (χ0) is 40.7. The smallest absolute Gasteiger partial charge is 0.424 e. The molecule has 0 spiro atoms. The van der Waals surface area contributed by atoms with Gasteiger partial charge in [-0.3, -0.25) is 10.1 Å². The van der Waals surface area contributed by atoms with Gasteiger partial charge in [-0.15, -0.1) is 0 Å². The number of nitrogen functional groups attached to an aromatic ring is 1. The highest BCUT2D eigenvalue weighted by atomic mass is 16.6. The van der Waals surface area contributed by atoms with Crippen LogP contribution in [0.1, 0.15) is 105 Å². The Morgan fingerprint density at radius 1 is 0.615 bits per heavy atom. The quantitative estimate of drug-likeness (QED) is 0.135. The van der Waals surface area contributed by atoms with E-state index in [1.165, 1.54) is 25.1 Å². The second kappa shape index (κ2) is 16.4. The molecule has 16 nitrogen and oxygen atoms in total. The van der Waals surface area contributed by atoms with Gasteiger partial charge in [-0.2, -0.15) is 20.3 Å². The van der Waals surface area contributed by atoms with Crippen molar-refractivity contribution in [2.24, 2.45) is 0 Å². The van der Waals surface area contributed by atoms with Gasteiger partial charge in [-0.1, -0.05) is 0 Å². The van der Waals surface area contributed by atoms with Gasteiger partial charge in [0.1, 0.15) is 28.1 Å². The molecule has 52 heavy (non-hydrogen) atoms. The molecule has 2 aromatic rings. The van der Waals surface area contributed by atoms with E-state index in [1.54, 1.807) is 90.0 Å². The number of benzene rings is 2. The predicted octanol–water partition coefficient (Wildman–Crippen LogP) is 8.58. The van der Waals surface area contributed by atoms with Crippen molar-refractivity contribution in [2.45, 2.75) is 119 Å². The molecule has 0 fully saturated rings. The third kappa shape index (κ3) is 13.4. The first-order valence-electron chi connectivity index (χ1n) is 15.9. The number of aryl methyl sites for hydroxylation is 2. The molecule has 0 aliphatic heterocycles. The standard InChI is InChI=1S/C18H23N3O6.C18H25N3O4/c1-11-8-12(10-19)9-13(21(24)25)14(11)20(15(22)26-17(2,3)4)16(23)27-18(5,6)7;1-11-8-12(10-19)9-13(20)14(11)21(15(22)24-17(2,3)4)16(23)25-18(5,6)7/h8-9H,1-7H3;8-9H,20H2,1-7H3.